The van der Waals surface area contributed by atoms with Crippen molar-refractivity contribution in [3.05, 3.63) is 41.3 Å². The number of benzene rings is 1. The molecule has 1 unspecified atom stereocenters. The summed E-state index contributed by atoms with van der Waals surface area (Å²) in [6.07, 6.45) is 6.81. The molecule has 20 heavy (non-hydrogen) atoms. The van der Waals surface area contributed by atoms with Gasteiger partial charge in [-0.15, -0.1) is 0 Å². The number of anilines is 1. The van der Waals surface area contributed by atoms with Crippen molar-refractivity contribution < 1.29 is 0 Å². The second kappa shape index (κ2) is 5.13. The average molecular weight is 284 g/mol. The Morgan fingerprint density at radius 1 is 1.25 bits per heavy atom. The van der Waals surface area contributed by atoms with Crippen LogP contribution in [0.2, 0.25) is 0 Å². The zero-order chi connectivity index (χ0) is 14.3. The van der Waals surface area contributed by atoms with E-state index in [2.05, 4.69) is 69.3 Å². The first-order valence-corrected chi connectivity index (χ1v) is 7.84. The molecule has 1 aliphatic heterocycles. The van der Waals surface area contributed by atoms with E-state index in [1.165, 1.54) is 15.5 Å². The minimum absolute atomic E-state index is 0.523. The van der Waals surface area contributed by atoms with Crippen LogP contribution in [0.5, 0.6) is 0 Å². The first kappa shape index (κ1) is 13.5. The van der Waals surface area contributed by atoms with Crippen molar-refractivity contribution in [1.82, 2.24) is 0 Å². The van der Waals surface area contributed by atoms with Crippen LogP contribution in [0, 0.1) is 11.8 Å². The van der Waals surface area contributed by atoms with E-state index in [1.807, 2.05) is 11.8 Å². The molecule has 0 radical (unpaired) electrons. The van der Waals surface area contributed by atoms with Crippen molar-refractivity contribution in [2.45, 2.75) is 18.7 Å². The molecule has 0 aromatic heterocycles. The molecule has 1 aromatic carbocycles. The van der Waals surface area contributed by atoms with E-state index < -0.39 is 0 Å². The molecule has 0 N–H and O–H groups in total. The Morgan fingerprint density at radius 2 is 2.05 bits per heavy atom. The van der Waals surface area contributed by atoms with Crippen LogP contribution >= 0.6 is 11.8 Å². The Morgan fingerprint density at radius 3 is 2.75 bits per heavy atom. The van der Waals surface area contributed by atoms with Gasteiger partial charge in [-0.2, -0.15) is 0 Å². The molecule has 0 saturated heterocycles. The third-order valence-electron chi connectivity index (χ3n) is 3.76. The van der Waals surface area contributed by atoms with E-state index in [4.69, 9.17) is 4.99 Å². The zero-order valence-corrected chi connectivity index (χ0v) is 13.2. The lowest BCUT2D eigenvalue weighted by Crippen LogP contribution is -2.13. The van der Waals surface area contributed by atoms with Gasteiger partial charge in [0.2, 0.25) is 0 Å². The van der Waals surface area contributed by atoms with E-state index in [0.29, 0.717) is 11.8 Å². The van der Waals surface area contributed by atoms with Gasteiger partial charge in [-0.3, -0.25) is 0 Å². The van der Waals surface area contributed by atoms with E-state index in [1.54, 1.807) is 0 Å². The van der Waals surface area contributed by atoms with Gasteiger partial charge in [0.15, 0.2) is 0 Å². The maximum absolute atomic E-state index is 4.78. The minimum Gasteiger partial charge on any atom is -0.378 e. The Hall–Kier alpha value is -1.48. The van der Waals surface area contributed by atoms with Crippen LogP contribution in [0.15, 0.2) is 51.2 Å². The van der Waals surface area contributed by atoms with Crippen LogP contribution in [-0.4, -0.2) is 19.8 Å². The summed E-state index contributed by atoms with van der Waals surface area (Å²) in [4.78, 5) is 9.47. The number of rotatable bonds is 2. The first-order valence-electron chi connectivity index (χ1n) is 7.03. The number of nitrogens with zero attached hydrogens (tertiary/aromatic N) is 2. The van der Waals surface area contributed by atoms with Crippen LogP contribution in [-0.2, 0) is 0 Å². The van der Waals surface area contributed by atoms with Gasteiger partial charge in [-0.1, -0.05) is 37.8 Å². The number of allylic oxidation sites excluding steroid dienone is 4. The molecule has 1 atom stereocenters. The highest BCUT2D eigenvalue weighted by Crippen LogP contribution is 2.44. The second-order valence-electron chi connectivity index (χ2n) is 5.86. The molecular weight excluding hydrogens is 264 g/mol. The Bertz CT molecular complexity index is 624. The highest BCUT2D eigenvalue weighted by Gasteiger charge is 2.22. The topological polar surface area (TPSA) is 15.6 Å². The number of aliphatic imine (C=N–C) groups is 1. The first-order chi connectivity index (χ1) is 9.54. The molecule has 1 aromatic rings. The van der Waals surface area contributed by atoms with Crippen LogP contribution < -0.4 is 4.90 Å². The molecule has 104 valence electrons. The predicted molar refractivity (Wildman–Crippen MR) is 89.3 cm³/mol. The van der Waals surface area contributed by atoms with Crippen molar-refractivity contribution >= 4 is 28.8 Å². The molecule has 0 fully saturated rings. The summed E-state index contributed by atoms with van der Waals surface area (Å²) < 4.78 is 0. The minimum atomic E-state index is 0.523. The molecule has 0 saturated carbocycles. The lowest BCUT2D eigenvalue weighted by atomic mass is 9.91. The maximum atomic E-state index is 4.78. The van der Waals surface area contributed by atoms with Gasteiger partial charge in [0.25, 0.3) is 0 Å². The molecule has 3 heteroatoms. The summed E-state index contributed by atoms with van der Waals surface area (Å²) in [6, 6.07) is 6.47. The average Bonchev–Trinajstić information content (AvgIpc) is 2.43. The van der Waals surface area contributed by atoms with E-state index in [0.717, 1.165) is 11.4 Å². The third-order valence-corrected chi connectivity index (χ3v) is 4.88. The predicted octanol–water partition coefficient (Wildman–Crippen LogP) is 4.66. The molecular formula is C17H20N2S. The van der Waals surface area contributed by atoms with Gasteiger partial charge >= 0.3 is 0 Å². The van der Waals surface area contributed by atoms with Gasteiger partial charge in [0.1, 0.15) is 0 Å². The van der Waals surface area contributed by atoms with E-state index >= 15 is 0 Å². The van der Waals surface area contributed by atoms with Gasteiger partial charge in [0.05, 0.1) is 11.4 Å². The largest absolute Gasteiger partial charge is 0.378 e. The molecule has 0 spiro atoms. The van der Waals surface area contributed by atoms with Gasteiger partial charge < -0.3 is 4.90 Å². The van der Waals surface area contributed by atoms with E-state index in [9.17, 15) is 0 Å². The molecule has 2 nitrogen and oxygen atoms in total. The molecule has 0 amide bonds. The summed E-state index contributed by atoms with van der Waals surface area (Å²) in [5.74, 6) is 1.16. The zero-order valence-electron chi connectivity index (χ0n) is 12.4. The number of thioether (sulfide) groups is 1. The van der Waals surface area contributed by atoms with Crippen molar-refractivity contribution in [2.75, 3.05) is 19.0 Å². The van der Waals surface area contributed by atoms with Crippen LogP contribution in [0.4, 0.5) is 11.4 Å². The fourth-order valence-electron chi connectivity index (χ4n) is 2.40. The normalized spacial score (nSPS) is 20.1. The number of hydrogen-bond donors (Lipinski definition) is 0. The SMILES string of the molecule is CC(C)C1C=CC2=Nc3ccc(N(C)C)cc3SC2=C1. The summed E-state index contributed by atoms with van der Waals surface area (Å²) in [6.45, 7) is 4.53. The lowest BCUT2D eigenvalue weighted by Gasteiger charge is -2.24. The van der Waals surface area contributed by atoms with Gasteiger partial charge in [-0.05, 0) is 36.1 Å². The van der Waals surface area contributed by atoms with Crippen LogP contribution in [0.3, 0.4) is 0 Å². The Balaban J connectivity index is 1.99. The lowest BCUT2D eigenvalue weighted by molar-refractivity contribution is 0.549. The smallest absolute Gasteiger partial charge is 0.0778 e. The molecule has 1 aliphatic carbocycles. The van der Waals surface area contributed by atoms with Crippen molar-refractivity contribution in [3.63, 3.8) is 0 Å². The van der Waals surface area contributed by atoms with Gasteiger partial charge in [-0.25, -0.2) is 4.99 Å². The Labute approximate surface area is 125 Å². The number of fused-ring (bicyclic) bond motifs is 2. The monoisotopic (exact) mass is 284 g/mol. The summed E-state index contributed by atoms with van der Waals surface area (Å²) >= 11 is 1.85. The van der Waals surface area contributed by atoms with Crippen molar-refractivity contribution in [3.8, 4) is 0 Å². The highest BCUT2D eigenvalue weighted by atomic mass is 32.2. The van der Waals surface area contributed by atoms with Crippen LogP contribution in [0.25, 0.3) is 0 Å². The highest BCUT2D eigenvalue weighted by molar-refractivity contribution is 8.04. The molecule has 2 aliphatic rings. The van der Waals surface area contributed by atoms with Crippen molar-refractivity contribution in [2.24, 2.45) is 16.8 Å². The second-order valence-corrected chi connectivity index (χ2v) is 6.94. The fraction of sp³-hybridized carbons (Fsp3) is 0.353. The summed E-state index contributed by atoms with van der Waals surface area (Å²) in [7, 11) is 4.14. The summed E-state index contributed by atoms with van der Waals surface area (Å²) in [5.41, 5.74) is 3.42. The van der Waals surface area contributed by atoms with Crippen LogP contribution in [0.1, 0.15) is 13.8 Å². The molecule has 3 rings (SSSR count). The summed E-state index contributed by atoms with van der Waals surface area (Å²) in [5, 5.41) is 0. The molecule has 1 heterocycles. The molecule has 0 bridgehead atoms. The third kappa shape index (κ3) is 2.42. The maximum Gasteiger partial charge on any atom is 0.0778 e. The van der Waals surface area contributed by atoms with Gasteiger partial charge in [0, 0.05) is 29.6 Å². The fourth-order valence-corrected chi connectivity index (χ4v) is 3.48. The van der Waals surface area contributed by atoms with Crippen molar-refractivity contribution in [1.29, 1.82) is 0 Å². The number of hydrogen-bond acceptors (Lipinski definition) is 3. The quantitative estimate of drug-likeness (QED) is 0.785. The standard InChI is InChI=1S/C17H20N2S/c1-11(2)12-5-7-14-16(9-12)20-17-10-13(19(3)4)6-8-15(17)18-14/h5-12H,1-4H3. The Kier molecular flexibility index (Phi) is 3.47. The van der Waals surface area contributed by atoms with E-state index in [-0.39, 0.29) is 0 Å².